The van der Waals surface area contributed by atoms with Crippen molar-refractivity contribution in [3.05, 3.63) is 35.8 Å². The van der Waals surface area contributed by atoms with Crippen LogP contribution in [0.3, 0.4) is 0 Å². The predicted molar refractivity (Wildman–Crippen MR) is 99.2 cm³/mol. The van der Waals surface area contributed by atoms with Crippen molar-refractivity contribution in [1.82, 2.24) is 9.97 Å². The lowest BCUT2D eigenvalue weighted by molar-refractivity contribution is -0.900. The molecule has 3 heterocycles. The molecule has 0 unspecified atom stereocenters. The molecule has 1 aliphatic rings. The highest BCUT2D eigenvalue weighted by atomic mass is 32.1. The Balaban J connectivity index is 1.51. The molecule has 1 aromatic carbocycles. The molecule has 1 saturated heterocycles. The van der Waals surface area contributed by atoms with Gasteiger partial charge < -0.3 is 14.6 Å². The Bertz CT molecular complexity index is 882. The van der Waals surface area contributed by atoms with E-state index in [1.54, 1.807) is 11.9 Å². The van der Waals surface area contributed by atoms with Crippen molar-refractivity contribution in [2.45, 2.75) is 0 Å². The Hall–Kier alpha value is -2.22. The maximum atomic E-state index is 12.5. The summed E-state index contributed by atoms with van der Waals surface area (Å²) in [5.41, 5.74) is 3.06. The molecule has 0 atom stereocenters. The van der Waals surface area contributed by atoms with Crippen molar-refractivity contribution in [2.75, 3.05) is 44.8 Å². The number of para-hydroxylation sites is 1. The van der Waals surface area contributed by atoms with Crippen LogP contribution in [0.15, 0.2) is 35.8 Å². The number of carbonyl (C=O) groups is 1. The van der Waals surface area contributed by atoms with E-state index in [0.29, 0.717) is 6.54 Å². The summed E-state index contributed by atoms with van der Waals surface area (Å²) < 4.78 is 5.35. The van der Waals surface area contributed by atoms with Gasteiger partial charge >= 0.3 is 0 Å². The van der Waals surface area contributed by atoms with Crippen LogP contribution in [-0.2, 0) is 9.53 Å². The van der Waals surface area contributed by atoms with Gasteiger partial charge in [0.15, 0.2) is 11.7 Å². The number of hydrogen-bond donors (Lipinski definition) is 2. The number of carbonyl (C=O) groups excluding carboxylic acids is 1. The second kappa shape index (κ2) is 6.95. The first-order chi connectivity index (χ1) is 12.2. The van der Waals surface area contributed by atoms with E-state index >= 15 is 0 Å². The van der Waals surface area contributed by atoms with Gasteiger partial charge in [0.25, 0.3) is 5.91 Å². The maximum Gasteiger partial charge on any atom is 0.283 e. The summed E-state index contributed by atoms with van der Waals surface area (Å²) in [5, 5.41) is 3.89. The van der Waals surface area contributed by atoms with Crippen LogP contribution in [-0.4, -0.2) is 55.8 Å². The van der Waals surface area contributed by atoms with Crippen LogP contribution in [0, 0.1) is 0 Å². The molecule has 25 heavy (non-hydrogen) atoms. The van der Waals surface area contributed by atoms with Crippen molar-refractivity contribution < 1.29 is 14.4 Å². The zero-order valence-electron chi connectivity index (χ0n) is 14.1. The summed E-state index contributed by atoms with van der Waals surface area (Å²) in [7, 11) is 1.81. The third-order valence-corrected chi connectivity index (χ3v) is 5.54. The standard InChI is InChI=1S/C18H20N4O2S/c1-21(17(23)11-22-6-8-24-9-7-22)18-20-16(12-25-18)14-10-19-15-5-3-2-4-13(14)15/h2-5,10,12,19H,6-9,11H2,1H3/p+1. The Morgan fingerprint density at radius 2 is 2.16 bits per heavy atom. The number of aromatic amines is 1. The van der Waals surface area contributed by atoms with Gasteiger partial charge in [0.2, 0.25) is 0 Å². The smallest absolute Gasteiger partial charge is 0.283 e. The van der Waals surface area contributed by atoms with Gasteiger partial charge in [0.05, 0.1) is 18.9 Å². The van der Waals surface area contributed by atoms with E-state index in [1.165, 1.54) is 16.2 Å². The number of H-pyrrole nitrogens is 1. The first kappa shape index (κ1) is 16.3. The molecule has 2 aromatic heterocycles. The highest BCUT2D eigenvalue weighted by molar-refractivity contribution is 7.14. The van der Waals surface area contributed by atoms with Crippen LogP contribution in [0.4, 0.5) is 5.13 Å². The van der Waals surface area contributed by atoms with Gasteiger partial charge in [-0.2, -0.15) is 0 Å². The summed E-state index contributed by atoms with van der Waals surface area (Å²) in [4.78, 5) is 23.4. The number of amides is 1. The second-order valence-corrected chi connectivity index (χ2v) is 7.09. The maximum absolute atomic E-state index is 12.5. The van der Waals surface area contributed by atoms with Crippen LogP contribution in [0.25, 0.3) is 22.2 Å². The lowest BCUT2D eigenvalue weighted by Gasteiger charge is -2.24. The summed E-state index contributed by atoms with van der Waals surface area (Å²) in [6.07, 6.45) is 1.98. The third kappa shape index (κ3) is 3.30. The Morgan fingerprint density at radius 1 is 1.36 bits per heavy atom. The minimum absolute atomic E-state index is 0.0942. The van der Waals surface area contributed by atoms with E-state index in [1.807, 2.05) is 29.8 Å². The van der Waals surface area contributed by atoms with Gasteiger partial charge in [0, 0.05) is 35.1 Å². The number of aromatic nitrogens is 2. The summed E-state index contributed by atoms with van der Waals surface area (Å²) in [6.45, 7) is 3.72. The minimum Gasteiger partial charge on any atom is -0.370 e. The fourth-order valence-electron chi connectivity index (χ4n) is 3.10. The fourth-order valence-corrected chi connectivity index (χ4v) is 3.91. The van der Waals surface area contributed by atoms with Gasteiger partial charge in [-0.05, 0) is 6.07 Å². The number of fused-ring (bicyclic) bond motifs is 1. The van der Waals surface area contributed by atoms with Crippen molar-refractivity contribution in [3.63, 3.8) is 0 Å². The molecule has 0 aliphatic carbocycles. The molecular weight excluding hydrogens is 336 g/mol. The minimum atomic E-state index is 0.0942. The predicted octanol–water partition coefficient (Wildman–Crippen LogP) is 1.17. The lowest BCUT2D eigenvalue weighted by Crippen LogP contribution is -3.15. The third-order valence-electron chi connectivity index (χ3n) is 4.62. The lowest BCUT2D eigenvalue weighted by atomic mass is 10.1. The van der Waals surface area contributed by atoms with E-state index in [-0.39, 0.29) is 5.91 Å². The van der Waals surface area contributed by atoms with E-state index in [9.17, 15) is 4.79 Å². The van der Waals surface area contributed by atoms with Gasteiger partial charge in [0.1, 0.15) is 13.1 Å². The largest absolute Gasteiger partial charge is 0.370 e. The quantitative estimate of drug-likeness (QED) is 0.737. The molecule has 0 bridgehead atoms. The monoisotopic (exact) mass is 357 g/mol. The SMILES string of the molecule is CN(C(=O)C[NH+]1CCOCC1)c1nc(-c2c[nH]c3ccccc23)cs1. The highest BCUT2D eigenvalue weighted by Crippen LogP contribution is 2.31. The number of rotatable bonds is 4. The summed E-state index contributed by atoms with van der Waals surface area (Å²) in [6, 6.07) is 8.16. The number of quaternary nitrogens is 1. The van der Waals surface area contributed by atoms with Crippen LogP contribution < -0.4 is 9.80 Å². The molecule has 7 heteroatoms. The fraction of sp³-hybridized carbons (Fsp3) is 0.333. The number of likely N-dealkylation sites (N-methyl/N-ethyl adjacent to an activating group) is 1. The number of nitrogens with one attached hydrogen (secondary N) is 2. The highest BCUT2D eigenvalue weighted by Gasteiger charge is 2.22. The molecule has 4 rings (SSSR count). The van der Waals surface area contributed by atoms with Crippen molar-refractivity contribution in [1.29, 1.82) is 0 Å². The molecule has 2 N–H and O–H groups in total. The van der Waals surface area contributed by atoms with Crippen LogP contribution in [0.1, 0.15) is 0 Å². The van der Waals surface area contributed by atoms with Gasteiger partial charge in [-0.15, -0.1) is 11.3 Å². The topological polar surface area (TPSA) is 62.7 Å². The molecule has 0 radical (unpaired) electrons. The molecule has 130 valence electrons. The molecular formula is C18H21N4O2S+. The molecule has 0 spiro atoms. The van der Waals surface area contributed by atoms with Gasteiger partial charge in [-0.25, -0.2) is 4.98 Å². The van der Waals surface area contributed by atoms with Crippen molar-refractivity contribution >= 4 is 33.3 Å². The Morgan fingerprint density at radius 3 is 3.00 bits per heavy atom. The first-order valence-corrected chi connectivity index (χ1v) is 9.30. The number of benzene rings is 1. The number of thiazole rings is 1. The van der Waals surface area contributed by atoms with Gasteiger partial charge in [-0.3, -0.25) is 9.69 Å². The van der Waals surface area contributed by atoms with Gasteiger partial charge in [-0.1, -0.05) is 18.2 Å². The van der Waals surface area contributed by atoms with Crippen molar-refractivity contribution in [3.8, 4) is 11.3 Å². The number of nitrogens with zero attached hydrogens (tertiary/aromatic N) is 2. The zero-order valence-corrected chi connectivity index (χ0v) is 14.9. The Kier molecular flexibility index (Phi) is 4.52. The molecule has 1 aliphatic heterocycles. The molecule has 3 aromatic rings. The molecule has 1 amide bonds. The van der Waals surface area contributed by atoms with E-state index in [4.69, 9.17) is 4.74 Å². The normalized spacial score (nSPS) is 15.6. The van der Waals surface area contributed by atoms with E-state index in [2.05, 4.69) is 16.0 Å². The molecule has 6 nitrogen and oxygen atoms in total. The number of hydrogen-bond acceptors (Lipinski definition) is 4. The first-order valence-electron chi connectivity index (χ1n) is 8.42. The zero-order chi connectivity index (χ0) is 17.2. The van der Waals surface area contributed by atoms with Crippen molar-refractivity contribution in [2.24, 2.45) is 0 Å². The number of anilines is 1. The summed E-state index contributed by atoms with van der Waals surface area (Å²) >= 11 is 1.50. The van der Waals surface area contributed by atoms with Crippen LogP contribution in [0.2, 0.25) is 0 Å². The Labute approximate surface area is 150 Å². The average Bonchev–Trinajstić information content (AvgIpc) is 3.28. The summed E-state index contributed by atoms with van der Waals surface area (Å²) in [5.74, 6) is 0.0942. The number of ether oxygens (including phenoxy) is 1. The second-order valence-electron chi connectivity index (χ2n) is 6.26. The number of morpholine rings is 1. The molecule has 1 fully saturated rings. The average molecular weight is 357 g/mol. The van der Waals surface area contributed by atoms with E-state index < -0.39 is 0 Å². The van der Waals surface area contributed by atoms with Crippen LogP contribution in [0.5, 0.6) is 0 Å². The van der Waals surface area contributed by atoms with Crippen LogP contribution >= 0.6 is 11.3 Å². The van der Waals surface area contributed by atoms with E-state index in [0.717, 1.165) is 53.6 Å². The molecule has 0 saturated carbocycles.